The molecule has 21 heavy (non-hydrogen) atoms. The van der Waals surface area contributed by atoms with E-state index in [0.717, 1.165) is 42.3 Å². The van der Waals surface area contributed by atoms with E-state index >= 15 is 0 Å². The molecule has 4 rings (SSSR count). The quantitative estimate of drug-likeness (QED) is 0.698. The Balaban J connectivity index is 1.82. The molecular formula is C15H18BN3O2. The fraction of sp³-hybridized carbons (Fsp3) is 0.400. The van der Waals surface area contributed by atoms with E-state index in [1.165, 1.54) is 5.57 Å². The van der Waals surface area contributed by atoms with Gasteiger partial charge in [-0.25, -0.2) is 4.98 Å². The van der Waals surface area contributed by atoms with Gasteiger partial charge in [0, 0.05) is 23.2 Å². The highest BCUT2D eigenvalue weighted by Gasteiger charge is 2.32. The number of pyridine rings is 1. The largest absolute Gasteiger partial charge is 0.552 e. The van der Waals surface area contributed by atoms with Crippen molar-refractivity contribution in [3.8, 4) is 5.75 Å². The molecule has 0 amide bonds. The Morgan fingerprint density at radius 3 is 2.95 bits per heavy atom. The van der Waals surface area contributed by atoms with Crippen LogP contribution in [0.3, 0.4) is 0 Å². The van der Waals surface area contributed by atoms with E-state index in [9.17, 15) is 5.02 Å². The van der Waals surface area contributed by atoms with Gasteiger partial charge in [-0.1, -0.05) is 0 Å². The number of nitrogens with two attached hydrogens (primary N) is 1. The summed E-state index contributed by atoms with van der Waals surface area (Å²) in [5.41, 5.74) is 9.13. The van der Waals surface area contributed by atoms with Crippen LogP contribution in [-0.4, -0.2) is 28.2 Å². The van der Waals surface area contributed by atoms with Crippen LogP contribution in [-0.2, 0) is 0 Å². The number of aromatic amines is 1. The van der Waals surface area contributed by atoms with Gasteiger partial charge < -0.3 is 20.4 Å². The molecule has 0 aromatic carbocycles. The molecule has 4 N–H and O–H groups in total. The minimum absolute atomic E-state index is 0.316. The predicted molar refractivity (Wildman–Crippen MR) is 82.6 cm³/mol. The summed E-state index contributed by atoms with van der Waals surface area (Å²) in [5, 5.41) is 11.0. The third-order valence-electron chi connectivity index (χ3n) is 4.62. The molecule has 2 aromatic rings. The molecule has 108 valence electrons. The summed E-state index contributed by atoms with van der Waals surface area (Å²) in [6.07, 6.45) is 7.78. The van der Waals surface area contributed by atoms with Gasteiger partial charge in [0.15, 0.2) is 0 Å². The normalized spacial score (nSPS) is 25.4. The molecule has 0 bridgehead atoms. The number of nitrogens with one attached hydrogen (secondary N) is 1. The zero-order chi connectivity index (χ0) is 14.4. The summed E-state index contributed by atoms with van der Waals surface area (Å²) in [6.45, 7) is 0. The average Bonchev–Trinajstić information content (AvgIpc) is 2.95. The van der Waals surface area contributed by atoms with Crippen LogP contribution < -0.4 is 10.4 Å². The van der Waals surface area contributed by atoms with Gasteiger partial charge in [-0.3, -0.25) is 0 Å². The van der Waals surface area contributed by atoms with Gasteiger partial charge in [-0.05, 0) is 49.2 Å². The lowest BCUT2D eigenvalue weighted by Crippen LogP contribution is -2.30. The Bertz CT molecular complexity index is 704. The number of hydrogen-bond acceptors (Lipinski definition) is 4. The van der Waals surface area contributed by atoms with Crippen LogP contribution in [0.15, 0.2) is 24.4 Å². The molecule has 3 heterocycles. The summed E-state index contributed by atoms with van der Waals surface area (Å²) in [6, 6.07) is 2.33. The maximum Gasteiger partial charge on any atom is 0.552 e. The van der Waals surface area contributed by atoms with Crippen molar-refractivity contribution in [3.63, 3.8) is 0 Å². The maximum atomic E-state index is 9.97. The minimum Gasteiger partial charge on any atom is -0.531 e. The van der Waals surface area contributed by atoms with E-state index in [0.29, 0.717) is 17.7 Å². The van der Waals surface area contributed by atoms with Gasteiger partial charge in [-0.15, -0.1) is 0 Å². The third kappa shape index (κ3) is 2.15. The molecule has 5 nitrogen and oxygen atoms in total. The fourth-order valence-corrected chi connectivity index (χ4v) is 3.55. The Kier molecular flexibility index (Phi) is 3.01. The Morgan fingerprint density at radius 2 is 2.14 bits per heavy atom. The Labute approximate surface area is 123 Å². The van der Waals surface area contributed by atoms with Crippen molar-refractivity contribution in [2.45, 2.75) is 31.7 Å². The van der Waals surface area contributed by atoms with Crippen molar-refractivity contribution in [2.24, 2.45) is 11.7 Å². The molecular weight excluding hydrogens is 265 g/mol. The van der Waals surface area contributed by atoms with Crippen molar-refractivity contribution in [1.82, 2.24) is 9.97 Å². The van der Waals surface area contributed by atoms with Crippen LogP contribution in [0.4, 0.5) is 0 Å². The molecule has 0 atom stereocenters. The molecule has 0 spiro atoms. The van der Waals surface area contributed by atoms with Crippen LogP contribution in [0.1, 0.15) is 31.2 Å². The van der Waals surface area contributed by atoms with Crippen molar-refractivity contribution in [3.05, 3.63) is 30.0 Å². The van der Waals surface area contributed by atoms with Crippen molar-refractivity contribution >= 4 is 23.7 Å². The molecule has 0 unspecified atom stereocenters. The van der Waals surface area contributed by atoms with Crippen LogP contribution in [0.25, 0.3) is 16.6 Å². The molecule has 1 saturated carbocycles. The number of allylic oxidation sites excluding steroid dienone is 1. The standard InChI is InChI=1S/C15H18BN3O2/c17-10-3-1-9(2-4-10)12-7-16(20)21-13-8-19-15-11(14(12)13)5-6-18-15/h5-10,20H,1-4,17H2,(H,18,19)/t9-,10-. The number of rotatable bonds is 1. The molecule has 2 aromatic heterocycles. The first-order chi connectivity index (χ1) is 10.2. The van der Waals surface area contributed by atoms with E-state index in [-0.39, 0.29) is 0 Å². The van der Waals surface area contributed by atoms with Gasteiger partial charge in [-0.2, -0.15) is 0 Å². The summed E-state index contributed by atoms with van der Waals surface area (Å²) in [7, 11) is -0.888. The summed E-state index contributed by atoms with van der Waals surface area (Å²) in [5.74, 6) is 2.94. The zero-order valence-electron chi connectivity index (χ0n) is 11.7. The van der Waals surface area contributed by atoms with E-state index in [1.54, 1.807) is 6.20 Å². The molecule has 6 heteroatoms. The Morgan fingerprint density at radius 1 is 1.33 bits per heavy atom. The second-order valence-corrected chi connectivity index (χ2v) is 5.98. The highest BCUT2D eigenvalue weighted by molar-refractivity contribution is 6.52. The van der Waals surface area contributed by atoms with Crippen molar-refractivity contribution in [2.75, 3.05) is 0 Å². The first-order valence-electron chi connectivity index (χ1n) is 7.51. The number of hydrogen-bond donors (Lipinski definition) is 3. The zero-order valence-corrected chi connectivity index (χ0v) is 11.7. The number of nitrogens with zero attached hydrogens (tertiary/aromatic N) is 1. The highest BCUT2D eigenvalue weighted by Crippen LogP contribution is 2.43. The summed E-state index contributed by atoms with van der Waals surface area (Å²) < 4.78 is 5.53. The molecule has 1 aliphatic carbocycles. The number of H-pyrrole nitrogens is 1. The predicted octanol–water partition coefficient (Wildman–Crippen LogP) is 1.88. The summed E-state index contributed by atoms with van der Waals surface area (Å²) in [4.78, 5) is 7.48. The lowest BCUT2D eigenvalue weighted by Gasteiger charge is -2.31. The van der Waals surface area contributed by atoms with Crippen molar-refractivity contribution < 1.29 is 9.68 Å². The average molecular weight is 283 g/mol. The van der Waals surface area contributed by atoms with Gasteiger partial charge in [0.25, 0.3) is 0 Å². The number of fused-ring (bicyclic) bond motifs is 3. The van der Waals surface area contributed by atoms with Crippen LogP contribution >= 0.6 is 0 Å². The topological polar surface area (TPSA) is 84.2 Å². The second kappa shape index (κ2) is 4.89. The minimum atomic E-state index is -0.888. The monoisotopic (exact) mass is 283 g/mol. The van der Waals surface area contributed by atoms with E-state index in [4.69, 9.17) is 10.4 Å². The molecule has 1 fully saturated rings. The first kappa shape index (κ1) is 12.9. The molecule has 0 saturated heterocycles. The van der Waals surface area contributed by atoms with Gasteiger partial charge >= 0.3 is 7.12 Å². The lowest BCUT2D eigenvalue weighted by atomic mass is 9.72. The SMILES string of the molecule is N[C@H]1CC[C@H](C2=CB(O)Oc3cnc4[nH]ccc4c32)CC1. The molecule has 1 aliphatic heterocycles. The second-order valence-electron chi connectivity index (χ2n) is 5.98. The first-order valence-corrected chi connectivity index (χ1v) is 7.51. The third-order valence-corrected chi connectivity index (χ3v) is 4.62. The van der Waals surface area contributed by atoms with Gasteiger partial charge in [0.1, 0.15) is 11.4 Å². The summed E-state index contributed by atoms with van der Waals surface area (Å²) >= 11 is 0. The van der Waals surface area contributed by atoms with Gasteiger partial charge in [0.2, 0.25) is 0 Å². The maximum absolute atomic E-state index is 9.97. The van der Waals surface area contributed by atoms with Crippen LogP contribution in [0.5, 0.6) is 5.75 Å². The van der Waals surface area contributed by atoms with Crippen LogP contribution in [0.2, 0.25) is 0 Å². The van der Waals surface area contributed by atoms with E-state index in [2.05, 4.69) is 9.97 Å². The lowest BCUT2D eigenvalue weighted by molar-refractivity contribution is 0.379. The van der Waals surface area contributed by atoms with Gasteiger partial charge in [0.05, 0.1) is 6.20 Å². The van der Waals surface area contributed by atoms with Crippen molar-refractivity contribution in [1.29, 1.82) is 0 Å². The highest BCUT2D eigenvalue weighted by atomic mass is 16.5. The van der Waals surface area contributed by atoms with E-state index < -0.39 is 7.12 Å². The molecule has 0 radical (unpaired) electrons. The smallest absolute Gasteiger partial charge is 0.531 e. The fourth-order valence-electron chi connectivity index (χ4n) is 3.55. The number of aromatic nitrogens is 2. The Hall–Kier alpha value is -1.79. The molecule has 2 aliphatic rings. The van der Waals surface area contributed by atoms with E-state index in [1.807, 2.05) is 18.2 Å². The van der Waals surface area contributed by atoms with Crippen LogP contribution in [0, 0.1) is 5.92 Å².